The van der Waals surface area contributed by atoms with E-state index in [0.29, 0.717) is 0 Å². The first kappa shape index (κ1) is 6.49. The predicted octanol–water partition coefficient (Wildman–Crippen LogP) is 1.52. The van der Waals surface area contributed by atoms with E-state index in [1.54, 1.807) is 0 Å². The minimum absolute atomic E-state index is 1.08. The molecule has 2 heteroatoms. The van der Waals surface area contributed by atoms with Crippen molar-refractivity contribution in [3.63, 3.8) is 0 Å². The number of nitrogens with zero attached hydrogens (tertiary/aromatic N) is 1. The first-order chi connectivity index (χ1) is 2.91. The van der Waals surface area contributed by atoms with Gasteiger partial charge in [0.15, 0.2) is 0 Å². The van der Waals surface area contributed by atoms with Gasteiger partial charge in [-0.2, -0.15) is 0 Å². The van der Waals surface area contributed by atoms with Gasteiger partial charge in [0.2, 0.25) is 0 Å². The van der Waals surface area contributed by atoms with Gasteiger partial charge in [0.05, 0.1) is 0 Å². The van der Waals surface area contributed by atoms with E-state index < -0.39 is 0 Å². The number of rotatable bonds is 3. The zero-order valence-electron chi connectivity index (χ0n) is 3.98. The second kappa shape index (κ2) is 5.49. The zero-order valence-corrected chi connectivity index (χ0v) is 6.91. The maximum atomic E-state index is 4.01. The van der Waals surface area contributed by atoms with E-state index in [1.807, 2.05) is 0 Å². The van der Waals surface area contributed by atoms with Crippen molar-refractivity contribution < 1.29 is 19.6 Å². The van der Waals surface area contributed by atoms with Crippen LogP contribution in [-0.2, 0) is 19.6 Å². The van der Waals surface area contributed by atoms with Crippen molar-refractivity contribution in [2.24, 2.45) is 3.50 Å². The Kier molecular flexibility index (Phi) is 5.93. The molecule has 0 saturated heterocycles. The summed E-state index contributed by atoms with van der Waals surface area (Å²) < 4.78 is 4.01. The van der Waals surface area contributed by atoms with Crippen molar-refractivity contribution in [1.82, 2.24) is 0 Å². The average molecular weight is 255 g/mol. The third-order valence-electron chi connectivity index (χ3n) is 0.603. The molecule has 0 aromatic carbocycles. The molecule has 0 bridgehead atoms. The molecule has 0 spiro atoms. The van der Waals surface area contributed by atoms with Gasteiger partial charge in [0.25, 0.3) is 0 Å². The van der Waals surface area contributed by atoms with Crippen LogP contribution in [0.15, 0.2) is 3.50 Å². The van der Waals surface area contributed by atoms with E-state index in [0.717, 1.165) is 6.54 Å². The third-order valence-corrected chi connectivity index (χ3v) is 1.26. The van der Waals surface area contributed by atoms with Gasteiger partial charge in [-0.25, -0.2) is 0 Å². The van der Waals surface area contributed by atoms with Crippen LogP contribution in [0.25, 0.3) is 0 Å². The summed E-state index contributed by atoms with van der Waals surface area (Å²) >= 11 is 1.36. The van der Waals surface area contributed by atoms with E-state index in [9.17, 15) is 0 Å². The first-order valence-corrected chi connectivity index (χ1v) is 3.52. The molecule has 0 N–H and O–H groups in total. The van der Waals surface area contributed by atoms with Crippen LogP contribution < -0.4 is 0 Å². The molecule has 0 aliphatic heterocycles. The number of unbranched alkanes of at least 4 members (excludes halogenated alkanes) is 1. The standard InChI is InChI=1S/C4H9N.W/c1-2-3-4-5;/h2-4H2,1H3;. The molecular weight excluding hydrogens is 246 g/mol. The van der Waals surface area contributed by atoms with Crippen LogP contribution in [0.1, 0.15) is 19.8 Å². The van der Waals surface area contributed by atoms with Crippen molar-refractivity contribution in [1.29, 1.82) is 0 Å². The van der Waals surface area contributed by atoms with Crippen LogP contribution in [0.4, 0.5) is 0 Å². The van der Waals surface area contributed by atoms with Gasteiger partial charge in [-0.3, -0.25) is 0 Å². The van der Waals surface area contributed by atoms with Crippen molar-refractivity contribution in [3.05, 3.63) is 0 Å². The van der Waals surface area contributed by atoms with E-state index in [1.165, 1.54) is 32.5 Å². The molecule has 0 rings (SSSR count). The Balaban J connectivity index is 2.49. The molecule has 0 aliphatic carbocycles. The van der Waals surface area contributed by atoms with Gasteiger partial charge in [0.1, 0.15) is 0 Å². The third kappa shape index (κ3) is 4.49. The Labute approximate surface area is 49.9 Å². The molecule has 0 saturated carbocycles. The second-order valence-corrected chi connectivity index (χ2v) is 2.13. The topological polar surface area (TPSA) is 12.4 Å². The second-order valence-electron chi connectivity index (χ2n) is 1.21. The van der Waals surface area contributed by atoms with Crippen LogP contribution in [0.2, 0.25) is 0 Å². The molecule has 0 aromatic rings. The van der Waals surface area contributed by atoms with Crippen molar-refractivity contribution in [2.45, 2.75) is 19.8 Å². The van der Waals surface area contributed by atoms with Crippen LogP contribution in [0.3, 0.4) is 0 Å². The molecule has 0 aliphatic rings. The molecule has 0 aromatic heterocycles. The number of hydrogen-bond donors (Lipinski definition) is 0. The molecule has 0 heterocycles. The summed E-state index contributed by atoms with van der Waals surface area (Å²) in [5, 5.41) is 0. The first-order valence-electron chi connectivity index (χ1n) is 2.21. The van der Waals surface area contributed by atoms with E-state index in [2.05, 4.69) is 10.4 Å². The molecule has 0 unspecified atom stereocenters. The van der Waals surface area contributed by atoms with Gasteiger partial charge in [0, 0.05) is 0 Å². The summed E-state index contributed by atoms with van der Waals surface area (Å²) in [6.07, 6.45) is 2.54. The molecule has 0 atom stereocenters. The molecule has 1 nitrogen and oxygen atoms in total. The summed E-state index contributed by atoms with van der Waals surface area (Å²) in [4.78, 5) is 0. The molecule has 36 valence electrons. The predicted molar refractivity (Wildman–Crippen MR) is 22.2 cm³/mol. The van der Waals surface area contributed by atoms with Crippen molar-refractivity contribution in [3.8, 4) is 0 Å². The Morgan fingerprint density at radius 1 is 1.67 bits per heavy atom. The van der Waals surface area contributed by atoms with Crippen LogP contribution >= 0.6 is 0 Å². The van der Waals surface area contributed by atoms with Gasteiger partial charge in [-0.05, 0) is 0 Å². The Hall–Kier alpha value is 0.488. The van der Waals surface area contributed by atoms with E-state index in [-0.39, 0.29) is 0 Å². The molecule has 0 fully saturated rings. The zero-order chi connectivity index (χ0) is 4.83. The fraction of sp³-hybridized carbons (Fsp3) is 1.00. The van der Waals surface area contributed by atoms with Gasteiger partial charge in [-0.1, -0.05) is 0 Å². The minimum atomic E-state index is 1.08. The summed E-state index contributed by atoms with van der Waals surface area (Å²) in [6.45, 7) is 3.26. The van der Waals surface area contributed by atoms with Gasteiger partial charge in [-0.15, -0.1) is 0 Å². The normalized spacial score (nSPS) is 8.17. The molecule has 6 heavy (non-hydrogen) atoms. The average Bonchev–Trinajstić information content (AvgIpc) is 1.61. The van der Waals surface area contributed by atoms with E-state index in [4.69, 9.17) is 0 Å². The van der Waals surface area contributed by atoms with Crippen LogP contribution in [0.5, 0.6) is 0 Å². The van der Waals surface area contributed by atoms with Crippen LogP contribution in [-0.4, -0.2) is 6.54 Å². The van der Waals surface area contributed by atoms with Gasteiger partial charge >= 0.3 is 49.4 Å². The summed E-state index contributed by atoms with van der Waals surface area (Å²) in [6, 6.07) is 0. The Bertz CT molecular complexity index is 36.5. The maximum absolute atomic E-state index is 4.01. The van der Waals surface area contributed by atoms with E-state index >= 15 is 0 Å². The quantitative estimate of drug-likeness (QED) is 0.678. The summed E-state index contributed by atoms with van der Waals surface area (Å²) in [7, 11) is 0. The van der Waals surface area contributed by atoms with Crippen molar-refractivity contribution in [2.75, 3.05) is 6.54 Å². The summed E-state index contributed by atoms with van der Waals surface area (Å²) in [5.41, 5.74) is 0. The molecular formula is C4H9NW. The van der Waals surface area contributed by atoms with Crippen LogP contribution in [0, 0.1) is 0 Å². The fourth-order valence-electron chi connectivity index (χ4n) is 0.223. The SMILES string of the molecule is CCCC[N]=[W]. The summed E-state index contributed by atoms with van der Waals surface area (Å²) in [5.74, 6) is 0. The fourth-order valence-corrected chi connectivity index (χ4v) is 0.686. The molecule has 0 amide bonds. The number of hydrogen-bond acceptors (Lipinski definition) is 1. The monoisotopic (exact) mass is 255 g/mol. The van der Waals surface area contributed by atoms with Crippen molar-refractivity contribution >= 4 is 0 Å². The van der Waals surface area contributed by atoms with Gasteiger partial charge < -0.3 is 0 Å². The molecule has 0 radical (unpaired) electrons. The Morgan fingerprint density at radius 2 is 2.33 bits per heavy atom. The Morgan fingerprint density at radius 3 is 2.50 bits per heavy atom.